The van der Waals surface area contributed by atoms with E-state index in [1.54, 1.807) is 12.1 Å². The number of halogens is 3. The van der Waals surface area contributed by atoms with Crippen LogP contribution in [0.5, 0.6) is 0 Å². The summed E-state index contributed by atoms with van der Waals surface area (Å²) in [4.78, 5) is 12.7. The highest BCUT2D eigenvalue weighted by atomic mass is 35.5. The van der Waals surface area contributed by atoms with Crippen molar-refractivity contribution in [2.75, 3.05) is 5.73 Å². The summed E-state index contributed by atoms with van der Waals surface area (Å²) in [6.45, 7) is 0.124. The molecule has 100 valence electrons. The van der Waals surface area contributed by atoms with Gasteiger partial charge in [-0.05, 0) is 24.3 Å². The quantitative estimate of drug-likeness (QED) is 0.656. The zero-order chi connectivity index (χ0) is 14.0. The van der Waals surface area contributed by atoms with Gasteiger partial charge in [0.2, 0.25) is 0 Å². The van der Waals surface area contributed by atoms with Gasteiger partial charge >= 0.3 is 5.97 Å². The van der Waals surface area contributed by atoms with Crippen LogP contribution in [0.15, 0.2) is 24.3 Å². The second kappa shape index (κ2) is 6.01. The molecule has 2 N–H and O–H groups in total. The number of anilines is 1. The van der Waals surface area contributed by atoms with Gasteiger partial charge in [0.05, 0.1) is 19.9 Å². The third-order valence-electron chi connectivity index (χ3n) is 2.24. The van der Waals surface area contributed by atoms with Crippen LogP contribution in [0.1, 0.15) is 15.2 Å². The number of nitrogen functional groups attached to an aromatic ring is 1. The fourth-order valence-electron chi connectivity index (χ4n) is 1.40. The van der Waals surface area contributed by atoms with Gasteiger partial charge in [-0.25, -0.2) is 4.79 Å². The third-order valence-corrected chi connectivity index (χ3v) is 4.25. The number of benzene rings is 1. The summed E-state index contributed by atoms with van der Waals surface area (Å²) in [6.07, 6.45) is 0. The minimum Gasteiger partial charge on any atom is -0.456 e. The first kappa shape index (κ1) is 14.5. The average Bonchev–Trinajstić information content (AvgIpc) is 2.76. The molecule has 0 radical (unpaired) electrons. The molecule has 1 heterocycles. The van der Waals surface area contributed by atoms with Gasteiger partial charge in [-0.3, -0.25) is 0 Å². The first-order valence-electron chi connectivity index (χ1n) is 5.13. The Hall–Kier alpha value is -0.940. The molecule has 2 rings (SSSR count). The van der Waals surface area contributed by atoms with E-state index in [-0.39, 0.29) is 22.2 Å². The normalized spacial score (nSPS) is 10.5. The first-order valence-corrected chi connectivity index (χ1v) is 7.08. The Morgan fingerprint density at radius 2 is 2.00 bits per heavy atom. The van der Waals surface area contributed by atoms with Crippen LogP contribution >= 0.6 is 46.1 Å². The number of rotatable bonds is 3. The molecule has 0 saturated heterocycles. The van der Waals surface area contributed by atoms with E-state index < -0.39 is 5.97 Å². The molecule has 1 aromatic heterocycles. The Balaban J connectivity index is 2.12. The Kier molecular flexibility index (Phi) is 4.58. The van der Waals surface area contributed by atoms with Crippen molar-refractivity contribution in [1.29, 1.82) is 0 Å². The largest absolute Gasteiger partial charge is 0.456 e. The third kappa shape index (κ3) is 3.54. The highest BCUT2D eigenvalue weighted by molar-refractivity contribution is 7.16. The second-order valence-electron chi connectivity index (χ2n) is 3.65. The summed E-state index contributed by atoms with van der Waals surface area (Å²) in [5.41, 5.74) is 6.11. The SMILES string of the molecule is Nc1cc(Cl)c(Cl)c(C(=O)OCc2ccc(Cl)s2)c1. The van der Waals surface area contributed by atoms with E-state index in [0.29, 0.717) is 10.0 Å². The molecule has 0 fully saturated rings. The van der Waals surface area contributed by atoms with Crippen molar-refractivity contribution in [2.45, 2.75) is 6.61 Å². The molecule has 0 spiro atoms. The van der Waals surface area contributed by atoms with E-state index in [9.17, 15) is 4.79 Å². The molecule has 0 aliphatic rings. The van der Waals surface area contributed by atoms with Crippen LogP contribution in [-0.2, 0) is 11.3 Å². The Morgan fingerprint density at radius 3 is 2.63 bits per heavy atom. The number of hydrogen-bond acceptors (Lipinski definition) is 4. The summed E-state index contributed by atoms with van der Waals surface area (Å²) >= 11 is 18.9. The van der Waals surface area contributed by atoms with Crippen LogP contribution < -0.4 is 5.73 Å². The Bertz CT molecular complexity index is 627. The van der Waals surface area contributed by atoms with Gasteiger partial charge in [-0.15, -0.1) is 11.3 Å². The predicted molar refractivity (Wildman–Crippen MR) is 79.3 cm³/mol. The minimum atomic E-state index is -0.580. The molecule has 1 aromatic carbocycles. The van der Waals surface area contributed by atoms with Gasteiger partial charge in [0.15, 0.2) is 0 Å². The van der Waals surface area contributed by atoms with E-state index in [0.717, 1.165) is 4.88 Å². The van der Waals surface area contributed by atoms with Crippen LogP contribution in [0.3, 0.4) is 0 Å². The van der Waals surface area contributed by atoms with Crippen molar-refractivity contribution >= 4 is 57.8 Å². The Morgan fingerprint density at radius 1 is 1.26 bits per heavy atom. The lowest BCUT2D eigenvalue weighted by atomic mass is 10.2. The van der Waals surface area contributed by atoms with Crippen LogP contribution in [0, 0.1) is 0 Å². The summed E-state index contributed by atoms with van der Waals surface area (Å²) in [5, 5.41) is 0.345. The van der Waals surface area contributed by atoms with E-state index >= 15 is 0 Å². The van der Waals surface area contributed by atoms with Crippen LogP contribution in [-0.4, -0.2) is 5.97 Å². The molecule has 0 amide bonds. The maximum absolute atomic E-state index is 11.9. The summed E-state index contributed by atoms with van der Waals surface area (Å²) < 4.78 is 5.77. The lowest BCUT2D eigenvalue weighted by Gasteiger charge is -2.07. The Labute approximate surface area is 128 Å². The fraction of sp³-hybridized carbons (Fsp3) is 0.0833. The number of carbonyl (C=O) groups excluding carboxylic acids is 1. The summed E-state index contributed by atoms with van der Waals surface area (Å²) in [5.74, 6) is -0.580. The molecule has 0 bridgehead atoms. The average molecular weight is 337 g/mol. The number of hydrogen-bond donors (Lipinski definition) is 1. The first-order chi connectivity index (χ1) is 8.97. The topological polar surface area (TPSA) is 52.3 Å². The number of ether oxygens (including phenoxy) is 1. The van der Waals surface area contributed by atoms with Crippen LogP contribution in [0.25, 0.3) is 0 Å². The standard InChI is InChI=1S/C12H8Cl3NO2S/c13-9-4-6(16)3-8(11(9)15)12(17)18-5-7-1-2-10(14)19-7/h1-4H,5,16H2. The van der Waals surface area contributed by atoms with Crippen LogP contribution in [0.4, 0.5) is 5.69 Å². The summed E-state index contributed by atoms with van der Waals surface area (Å²) in [6, 6.07) is 6.42. The predicted octanol–water partition coefficient (Wildman–Crippen LogP) is 4.65. The fourth-order valence-corrected chi connectivity index (χ4v) is 2.82. The number of nitrogens with two attached hydrogens (primary N) is 1. The molecule has 3 nitrogen and oxygen atoms in total. The molecular formula is C12H8Cl3NO2S. The van der Waals surface area contributed by atoms with Crippen molar-refractivity contribution in [3.8, 4) is 0 Å². The molecular weight excluding hydrogens is 329 g/mol. The van der Waals surface area contributed by atoms with Crippen molar-refractivity contribution < 1.29 is 9.53 Å². The van der Waals surface area contributed by atoms with E-state index in [1.807, 2.05) is 0 Å². The molecule has 7 heteroatoms. The van der Waals surface area contributed by atoms with Gasteiger partial charge in [-0.1, -0.05) is 34.8 Å². The lowest BCUT2D eigenvalue weighted by molar-refractivity contribution is 0.0477. The molecule has 2 aromatic rings. The molecule has 0 unspecified atom stereocenters. The van der Waals surface area contributed by atoms with Gasteiger partial charge in [0, 0.05) is 10.6 Å². The maximum Gasteiger partial charge on any atom is 0.340 e. The van der Waals surface area contributed by atoms with E-state index in [4.69, 9.17) is 45.3 Å². The minimum absolute atomic E-state index is 0.124. The number of thiophene rings is 1. The van der Waals surface area contributed by atoms with Crippen molar-refractivity contribution in [3.63, 3.8) is 0 Å². The summed E-state index contributed by atoms with van der Waals surface area (Å²) in [7, 11) is 0. The smallest absolute Gasteiger partial charge is 0.340 e. The molecule has 0 atom stereocenters. The number of carbonyl (C=O) groups is 1. The zero-order valence-corrected chi connectivity index (χ0v) is 12.5. The van der Waals surface area contributed by atoms with Crippen molar-refractivity contribution in [3.05, 3.63) is 49.1 Å². The van der Waals surface area contributed by atoms with Crippen molar-refractivity contribution in [1.82, 2.24) is 0 Å². The monoisotopic (exact) mass is 335 g/mol. The van der Waals surface area contributed by atoms with Gasteiger partial charge in [-0.2, -0.15) is 0 Å². The zero-order valence-electron chi connectivity index (χ0n) is 9.45. The maximum atomic E-state index is 11.9. The lowest BCUT2D eigenvalue weighted by Crippen LogP contribution is -2.06. The molecule has 0 saturated carbocycles. The van der Waals surface area contributed by atoms with Gasteiger partial charge in [0.1, 0.15) is 6.61 Å². The molecule has 0 aliphatic carbocycles. The van der Waals surface area contributed by atoms with E-state index in [1.165, 1.54) is 23.5 Å². The molecule has 0 aliphatic heterocycles. The van der Waals surface area contributed by atoms with E-state index in [2.05, 4.69) is 0 Å². The van der Waals surface area contributed by atoms with Crippen LogP contribution in [0.2, 0.25) is 14.4 Å². The highest BCUT2D eigenvalue weighted by Gasteiger charge is 2.16. The van der Waals surface area contributed by atoms with Gasteiger partial charge in [0.25, 0.3) is 0 Å². The number of esters is 1. The highest BCUT2D eigenvalue weighted by Crippen LogP contribution is 2.29. The van der Waals surface area contributed by atoms with Gasteiger partial charge < -0.3 is 10.5 Å². The molecule has 19 heavy (non-hydrogen) atoms. The van der Waals surface area contributed by atoms with Crippen molar-refractivity contribution in [2.24, 2.45) is 0 Å². The second-order valence-corrected chi connectivity index (χ2v) is 6.23.